The summed E-state index contributed by atoms with van der Waals surface area (Å²) in [7, 11) is 0. The Kier molecular flexibility index (Phi) is 2.53. The van der Waals surface area contributed by atoms with E-state index in [-0.39, 0.29) is 0 Å². The fraction of sp³-hybridized carbons (Fsp3) is 0.200. The van der Waals surface area contributed by atoms with E-state index < -0.39 is 5.97 Å². The van der Waals surface area contributed by atoms with Crippen LogP contribution in [0.2, 0.25) is 0 Å². The van der Waals surface area contributed by atoms with Gasteiger partial charge in [-0.25, -0.2) is 9.78 Å². The lowest BCUT2D eigenvalue weighted by Crippen LogP contribution is -2.18. The summed E-state index contributed by atoms with van der Waals surface area (Å²) in [5.74, 6) is 0.384. The average molecular weight is 206 g/mol. The number of aliphatic carboxylic acids is 1. The van der Waals surface area contributed by atoms with Crippen molar-refractivity contribution >= 4 is 17.9 Å². The molecule has 1 aromatic heterocycles. The minimum absolute atomic E-state index is 0.598. The zero-order valence-corrected chi connectivity index (χ0v) is 7.93. The second-order valence-electron chi connectivity index (χ2n) is 3.06. The van der Waals surface area contributed by atoms with Gasteiger partial charge in [0.1, 0.15) is 6.61 Å². The molecule has 0 atom stereocenters. The smallest absolute Gasteiger partial charge is 0.328 e. The number of carboxylic acid groups (broad SMARTS) is 1. The second kappa shape index (κ2) is 4.00. The number of rotatable bonds is 2. The molecule has 1 aliphatic rings. The first-order chi connectivity index (χ1) is 7.25. The third-order valence-corrected chi connectivity index (χ3v) is 1.94. The van der Waals surface area contributed by atoms with Crippen molar-refractivity contribution in [2.45, 2.75) is 0 Å². The Morgan fingerprint density at radius 2 is 2.53 bits per heavy atom. The molecule has 2 heterocycles. The first kappa shape index (κ1) is 9.51. The zero-order valence-electron chi connectivity index (χ0n) is 7.93. The number of carboxylic acids is 1. The molecule has 0 bridgehead atoms. The normalized spacial score (nSPS) is 14.1. The van der Waals surface area contributed by atoms with E-state index in [1.54, 1.807) is 12.3 Å². The maximum Gasteiger partial charge on any atom is 0.328 e. The summed E-state index contributed by atoms with van der Waals surface area (Å²) in [6.45, 7) is 1.34. The summed E-state index contributed by atoms with van der Waals surface area (Å²) in [6, 6.07) is 1.76. The van der Waals surface area contributed by atoms with Gasteiger partial charge in [-0.3, -0.25) is 0 Å². The van der Waals surface area contributed by atoms with E-state index in [9.17, 15) is 4.79 Å². The number of fused-ring (bicyclic) bond motifs is 1. The predicted molar refractivity (Wildman–Crippen MR) is 54.9 cm³/mol. The van der Waals surface area contributed by atoms with Crippen LogP contribution < -0.4 is 10.1 Å². The molecule has 0 saturated carbocycles. The van der Waals surface area contributed by atoms with Crippen molar-refractivity contribution in [1.29, 1.82) is 0 Å². The van der Waals surface area contributed by atoms with Crippen molar-refractivity contribution in [3.8, 4) is 5.75 Å². The summed E-state index contributed by atoms with van der Waals surface area (Å²) in [5.41, 5.74) is 0.708. The molecule has 0 aliphatic carbocycles. The molecule has 0 saturated heterocycles. The third kappa shape index (κ3) is 2.25. The van der Waals surface area contributed by atoms with Crippen LogP contribution in [-0.4, -0.2) is 29.2 Å². The number of aromatic nitrogens is 1. The topological polar surface area (TPSA) is 71.5 Å². The van der Waals surface area contributed by atoms with Gasteiger partial charge in [0.25, 0.3) is 0 Å². The van der Waals surface area contributed by atoms with Crippen LogP contribution in [0.4, 0.5) is 5.82 Å². The van der Waals surface area contributed by atoms with Crippen molar-refractivity contribution in [3.63, 3.8) is 0 Å². The highest BCUT2D eigenvalue weighted by atomic mass is 16.5. The number of hydrogen-bond acceptors (Lipinski definition) is 4. The van der Waals surface area contributed by atoms with Gasteiger partial charge < -0.3 is 15.2 Å². The van der Waals surface area contributed by atoms with Gasteiger partial charge in [-0.2, -0.15) is 0 Å². The molecule has 0 fully saturated rings. The molecule has 0 radical (unpaired) electrons. The highest BCUT2D eigenvalue weighted by Gasteiger charge is 2.10. The maximum atomic E-state index is 10.3. The minimum atomic E-state index is -0.980. The molecule has 0 spiro atoms. The van der Waals surface area contributed by atoms with E-state index in [4.69, 9.17) is 9.84 Å². The Morgan fingerprint density at radius 1 is 1.67 bits per heavy atom. The molecule has 15 heavy (non-hydrogen) atoms. The number of nitrogens with one attached hydrogen (secondary N) is 1. The molecule has 2 rings (SSSR count). The lowest BCUT2D eigenvalue weighted by atomic mass is 10.2. The Balaban J connectivity index is 2.24. The van der Waals surface area contributed by atoms with Crippen LogP contribution in [0.3, 0.4) is 0 Å². The quantitative estimate of drug-likeness (QED) is 0.706. The Morgan fingerprint density at radius 3 is 3.33 bits per heavy atom. The van der Waals surface area contributed by atoms with Crippen molar-refractivity contribution in [2.24, 2.45) is 0 Å². The molecule has 0 amide bonds. The van der Waals surface area contributed by atoms with Gasteiger partial charge in [-0.15, -0.1) is 0 Å². The first-order valence-corrected chi connectivity index (χ1v) is 4.53. The Bertz CT molecular complexity index is 415. The van der Waals surface area contributed by atoms with Crippen LogP contribution >= 0.6 is 0 Å². The van der Waals surface area contributed by atoms with E-state index in [0.717, 1.165) is 12.6 Å². The lowest BCUT2D eigenvalue weighted by Gasteiger charge is -2.17. The molecule has 5 heteroatoms. The van der Waals surface area contributed by atoms with Crippen LogP contribution in [0.25, 0.3) is 6.08 Å². The molecule has 78 valence electrons. The van der Waals surface area contributed by atoms with Gasteiger partial charge in [0.15, 0.2) is 11.6 Å². The molecular weight excluding hydrogens is 196 g/mol. The number of hydrogen-bond donors (Lipinski definition) is 2. The molecule has 0 aromatic carbocycles. The van der Waals surface area contributed by atoms with Crippen molar-refractivity contribution < 1.29 is 14.6 Å². The largest absolute Gasteiger partial charge is 0.488 e. The Hall–Kier alpha value is -2.04. The van der Waals surface area contributed by atoms with Gasteiger partial charge >= 0.3 is 5.97 Å². The van der Waals surface area contributed by atoms with Crippen LogP contribution in [0.1, 0.15) is 5.56 Å². The second-order valence-corrected chi connectivity index (χ2v) is 3.06. The standard InChI is InChI=1S/C10H10N2O3/c13-9(14)2-1-7-5-8-10(12-6-7)11-3-4-15-8/h1-2,5-6H,3-4H2,(H,11,12)(H,13,14)/b2-1+. The highest BCUT2D eigenvalue weighted by molar-refractivity contribution is 5.85. The summed E-state index contributed by atoms with van der Waals surface area (Å²) in [4.78, 5) is 14.4. The number of nitrogens with zero attached hydrogens (tertiary/aromatic N) is 1. The minimum Gasteiger partial charge on any atom is -0.488 e. The van der Waals surface area contributed by atoms with Crippen LogP contribution in [0.5, 0.6) is 5.75 Å². The highest BCUT2D eigenvalue weighted by Crippen LogP contribution is 2.25. The monoisotopic (exact) mass is 206 g/mol. The maximum absolute atomic E-state index is 10.3. The van der Waals surface area contributed by atoms with Crippen molar-refractivity contribution in [1.82, 2.24) is 4.98 Å². The van der Waals surface area contributed by atoms with Gasteiger partial charge in [0.05, 0.1) is 6.54 Å². The van der Waals surface area contributed by atoms with E-state index in [0.29, 0.717) is 23.7 Å². The summed E-state index contributed by atoms with van der Waals surface area (Å²) in [5, 5.41) is 11.5. The van der Waals surface area contributed by atoms with Gasteiger partial charge in [-0.05, 0) is 17.7 Å². The first-order valence-electron chi connectivity index (χ1n) is 4.53. The van der Waals surface area contributed by atoms with Crippen molar-refractivity contribution in [2.75, 3.05) is 18.5 Å². The molecule has 1 aromatic rings. The fourth-order valence-corrected chi connectivity index (χ4v) is 1.29. The van der Waals surface area contributed by atoms with Gasteiger partial charge in [0.2, 0.25) is 0 Å². The summed E-state index contributed by atoms with van der Waals surface area (Å²) < 4.78 is 5.36. The van der Waals surface area contributed by atoms with E-state index in [2.05, 4.69) is 10.3 Å². The molecule has 2 N–H and O–H groups in total. The number of carbonyl (C=O) groups is 1. The summed E-state index contributed by atoms with van der Waals surface area (Å²) >= 11 is 0. The lowest BCUT2D eigenvalue weighted by molar-refractivity contribution is -0.131. The number of pyridine rings is 1. The number of anilines is 1. The van der Waals surface area contributed by atoms with E-state index >= 15 is 0 Å². The van der Waals surface area contributed by atoms with Crippen LogP contribution in [0.15, 0.2) is 18.3 Å². The van der Waals surface area contributed by atoms with Crippen LogP contribution in [-0.2, 0) is 4.79 Å². The van der Waals surface area contributed by atoms with E-state index in [1.807, 2.05) is 0 Å². The fourth-order valence-electron chi connectivity index (χ4n) is 1.29. The third-order valence-electron chi connectivity index (χ3n) is 1.94. The molecule has 0 unspecified atom stereocenters. The van der Waals surface area contributed by atoms with Crippen molar-refractivity contribution in [3.05, 3.63) is 23.9 Å². The number of ether oxygens (including phenoxy) is 1. The van der Waals surface area contributed by atoms with E-state index in [1.165, 1.54) is 6.08 Å². The van der Waals surface area contributed by atoms with Gasteiger partial charge in [-0.1, -0.05) is 0 Å². The molecule has 1 aliphatic heterocycles. The van der Waals surface area contributed by atoms with Gasteiger partial charge in [0, 0.05) is 12.3 Å². The predicted octanol–water partition coefficient (Wildman–Crippen LogP) is 0.984. The zero-order chi connectivity index (χ0) is 10.7. The molecular formula is C10H10N2O3. The van der Waals surface area contributed by atoms with Crippen LogP contribution in [0, 0.1) is 0 Å². The Labute approximate surface area is 86.4 Å². The average Bonchev–Trinajstić information content (AvgIpc) is 2.26. The summed E-state index contributed by atoms with van der Waals surface area (Å²) in [6.07, 6.45) is 4.15. The molecule has 5 nitrogen and oxygen atoms in total. The SMILES string of the molecule is O=C(O)/C=C/c1cnc2c(c1)OCCN2.